The lowest BCUT2D eigenvalue weighted by Crippen LogP contribution is -2.76. The van der Waals surface area contributed by atoms with Crippen LogP contribution in [0.2, 0.25) is 0 Å². The molecule has 8 atom stereocenters. The smallest absolute Gasteiger partial charge is 0.341 e. The molecule has 0 aromatic rings. The molecule has 5 rings (SSSR count). The van der Waals surface area contributed by atoms with Crippen molar-refractivity contribution >= 4 is 15.9 Å². The number of ether oxygens (including phenoxy) is 3. The van der Waals surface area contributed by atoms with Crippen LogP contribution < -0.4 is 0 Å². The maximum atomic E-state index is 14.3. The van der Waals surface area contributed by atoms with E-state index in [1.165, 1.54) is 0 Å². The molecule has 4 saturated heterocycles. The van der Waals surface area contributed by atoms with E-state index in [0.717, 1.165) is 12.8 Å². The van der Waals surface area contributed by atoms with Crippen LogP contribution in [-0.2, 0) is 24.0 Å². The first-order valence-electron chi connectivity index (χ1n) is 9.59. The van der Waals surface area contributed by atoms with Gasteiger partial charge in [0.2, 0.25) is 5.79 Å². The van der Waals surface area contributed by atoms with E-state index in [1.54, 1.807) is 13.8 Å². The van der Waals surface area contributed by atoms with Gasteiger partial charge in [0.25, 0.3) is 5.79 Å². The van der Waals surface area contributed by atoms with Crippen LogP contribution in [0.1, 0.15) is 46.5 Å². The molecular formula is C18H26BrF3O5. The van der Waals surface area contributed by atoms with E-state index in [1.807, 2.05) is 0 Å². The topological polar surface area (TPSA) is 46.2 Å². The van der Waals surface area contributed by atoms with Gasteiger partial charge in [-0.15, -0.1) is 0 Å². The predicted octanol–water partition coefficient (Wildman–Crippen LogP) is 4.54. The summed E-state index contributed by atoms with van der Waals surface area (Å²) in [6.45, 7) is 5.23. The van der Waals surface area contributed by atoms with Gasteiger partial charge in [0.1, 0.15) is 0 Å². The standard InChI is InChI=1S/C18H26BrF3O5/c1-10-4-5-13-11(2)17(18(20,21)22,23-9-8-19)25-14-16(13)12(10)6-7-15(3,24-14)26-27-16/h10-14H,4-9H2,1-3H3/t10-,11-,12+,13+,14?,15?,16-,17-/m1/s1. The average Bonchev–Trinajstić information content (AvgIpc) is 2.82. The summed E-state index contributed by atoms with van der Waals surface area (Å²) in [5.74, 6) is -4.96. The van der Waals surface area contributed by atoms with Crippen molar-refractivity contribution in [2.24, 2.45) is 23.7 Å². The van der Waals surface area contributed by atoms with E-state index in [9.17, 15) is 13.2 Å². The minimum Gasteiger partial charge on any atom is -0.341 e. The molecule has 2 unspecified atom stereocenters. The maximum absolute atomic E-state index is 14.3. The van der Waals surface area contributed by atoms with Crippen LogP contribution in [0.4, 0.5) is 13.2 Å². The monoisotopic (exact) mass is 458 g/mol. The highest BCUT2D eigenvalue weighted by Gasteiger charge is 2.77. The zero-order valence-corrected chi connectivity index (χ0v) is 17.3. The molecule has 4 heterocycles. The fourth-order valence-electron chi connectivity index (χ4n) is 5.68. The van der Waals surface area contributed by atoms with Gasteiger partial charge in [-0.05, 0) is 38.0 Å². The Kier molecular flexibility index (Phi) is 4.93. The van der Waals surface area contributed by atoms with Crippen LogP contribution in [0.15, 0.2) is 0 Å². The van der Waals surface area contributed by atoms with Gasteiger partial charge in [-0.1, -0.05) is 29.8 Å². The molecule has 4 aliphatic heterocycles. The van der Waals surface area contributed by atoms with Gasteiger partial charge >= 0.3 is 6.18 Å². The van der Waals surface area contributed by atoms with Crippen LogP contribution in [-0.4, -0.2) is 41.6 Å². The van der Waals surface area contributed by atoms with E-state index in [-0.39, 0.29) is 23.8 Å². The van der Waals surface area contributed by atoms with Crippen molar-refractivity contribution in [3.63, 3.8) is 0 Å². The summed E-state index contributed by atoms with van der Waals surface area (Å²) in [6, 6.07) is 0. The third-order valence-corrected chi connectivity index (χ3v) is 7.37. The van der Waals surface area contributed by atoms with Gasteiger partial charge in [0.05, 0.1) is 6.61 Å². The average molecular weight is 459 g/mol. The van der Waals surface area contributed by atoms with E-state index in [0.29, 0.717) is 12.8 Å². The maximum Gasteiger partial charge on any atom is 0.443 e. The van der Waals surface area contributed by atoms with E-state index >= 15 is 0 Å². The van der Waals surface area contributed by atoms with E-state index < -0.39 is 41.5 Å². The number of alkyl halides is 4. The third kappa shape index (κ3) is 2.75. The van der Waals surface area contributed by atoms with Crippen LogP contribution in [0, 0.1) is 23.7 Å². The van der Waals surface area contributed by atoms with Crippen molar-refractivity contribution in [3.05, 3.63) is 0 Å². The fourth-order valence-corrected chi connectivity index (χ4v) is 5.84. The highest BCUT2D eigenvalue weighted by atomic mass is 79.9. The second kappa shape index (κ2) is 6.54. The summed E-state index contributed by atoms with van der Waals surface area (Å²) in [6.07, 6.45) is -3.16. The Morgan fingerprint density at radius 3 is 2.48 bits per heavy atom. The Bertz CT molecular complexity index is 592. The molecule has 27 heavy (non-hydrogen) atoms. The highest BCUT2D eigenvalue weighted by Crippen LogP contribution is 2.64. The van der Waals surface area contributed by atoms with E-state index in [4.69, 9.17) is 24.0 Å². The Hall–Kier alpha value is 0.0700. The van der Waals surface area contributed by atoms with Gasteiger partial charge in [-0.2, -0.15) is 13.2 Å². The minimum absolute atomic E-state index is 0.00966. The van der Waals surface area contributed by atoms with Crippen LogP contribution in [0.3, 0.4) is 0 Å². The molecule has 2 bridgehead atoms. The quantitative estimate of drug-likeness (QED) is 0.458. The van der Waals surface area contributed by atoms with Crippen molar-refractivity contribution in [2.75, 3.05) is 11.9 Å². The molecule has 0 radical (unpaired) electrons. The third-order valence-electron chi connectivity index (χ3n) is 7.05. The molecule has 1 aliphatic carbocycles. The zero-order valence-electron chi connectivity index (χ0n) is 15.7. The molecule has 0 amide bonds. The van der Waals surface area contributed by atoms with Crippen molar-refractivity contribution in [1.29, 1.82) is 0 Å². The molecular weight excluding hydrogens is 433 g/mol. The lowest BCUT2D eigenvalue weighted by atomic mass is 9.57. The first kappa shape index (κ1) is 20.3. The van der Waals surface area contributed by atoms with Crippen LogP contribution >= 0.6 is 15.9 Å². The number of rotatable bonds is 3. The zero-order chi connectivity index (χ0) is 19.7. The molecule has 1 spiro atoms. The Balaban J connectivity index is 1.82. The molecule has 0 N–H and O–H groups in total. The highest BCUT2D eigenvalue weighted by molar-refractivity contribution is 9.09. The van der Waals surface area contributed by atoms with Crippen molar-refractivity contribution < 1.29 is 37.2 Å². The largest absolute Gasteiger partial charge is 0.443 e. The molecule has 156 valence electrons. The second-order valence-corrected chi connectivity index (χ2v) is 9.31. The first-order valence-corrected chi connectivity index (χ1v) is 10.7. The Labute approximate surface area is 165 Å². The Morgan fingerprint density at radius 1 is 1.07 bits per heavy atom. The van der Waals surface area contributed by atoms with Crippen molar-refractivity contribution in [1.82, 2.24) is 0 Å². The van der Waals surface area contributed by atoms with Gasteiger partial charge in [-0.25, -0.2) is 9.78 Å². The van der Waals surface area contributed by atoms with Gasteiger partial charge < -0.3 is 14.2 Å². The van der Waals surface area contributed by atoms with Crippen LogP contribution in [0.5, 0.6) is 0 Å². The fraction of sp³-hybridized carbons (Fsp3) is 1.00. The van der Waals surface area contributed by atoms with E-state index in [2.05, 4.69) is 22.9 Å². The summed E-state index contributed by atoms with van der Waals surface area (Å²) in [5, 5.41) is 0.277. The number of hydrogen-bond acceptors (Lipinski definition) is 5. The molecule has 5 fully saturated rings. The molecule has 1 saturated carbocycles. The molecule has 5 nitrogen and oxygen atoms in total. The summed E-state index contributed by atoms with van der Waals surface area (Å²) >= 11 is 3.15. The summed E-state index contributed by atoms with van der Waals surface area (Å²) in [5.41, 5.74) is -1.04. The molecule has 9 heteroatoms. The Morgan fingerprint density at radius 2 is 1.81 bits per heavy atom. The number of halogens is 4. The SMILES string of the molecule is C[C@@H]1CC[C@H]2[C@@H](C)[C@](OCCBr)(C(F)(F)F)OC3OC4(C)CC[C@@H]1[C@]32OO4. The van der Waals surface area contributed by atoms with Crippen molar-refractivity contribution in [3.8, 4) is 0 Å². The lowest BCUT2D eigenvalue weighted by molar-refractivity contribution is -0.598. The molecule has 0 aromatic carbocycles. The number of hydrogen-bond donors (Lipinski definition) is 0. The lowest BCUT2D eigenvalue weighted by Gasteiger charge is -2.62. The van der Waals surface area contributed by atoms with Crippen LogP contribution in [0.25, 0.3) is 0 Å². The van der Waals surface area contributed by atoms with Gasteiger partial charge in [-0.3, -0.25) is 0 Å². The minimum atomic E-state index is -4.70. The van der Waals surface area contributed by atoms with Crippen molar-refractivity contribution in [2.45, 2.75) is 76.1 Å². The second-order valence-electron chi connectivity index (χ2n) is 8.52. The number of fused-ring (bicyclic) bond motifs is 2. The summed E-state index contributed by atoms with van der Waals surface area (Å²) in [7, 11) is 0. The molecule has 5 aliphatic rings. The summed E-state index contributed by atoms with van der Waals surface area (Å²) < 4.78 is 59.9. The first-order chi connectivity index (χ1) is 12.6. The van der Waals surface area contributed by atoms with Gasteiger partial charge in [0, 0.05) is 23.6 Å². The van der Waals surface area contributed by atoms with Gasteiger partial charge in [0.15, 0.2) is 11.9 Å². The summed E-state index contributed by atoms with van der Waals surface area (Å²) in [4.78, 5) is 11.5. The predicted molar refractivity (Wildman–Crippen MR) is 91.6 cm³/mol. The molecule has 0 aromatic heterocycles. The normalized spacial score (nSPS) is 52.3.